The van der Waals surface area contributed by atoms with E-state index in [9.17, 15) is 4.39 Å². The molecule has 0 spiro atoms. The lowest BCUT2D eigenvalue weighted by molar-refractivity contribution is 0.252. The Morgan fingerprint density at radius 2 is 1.55 bits per heavy atom. The molecule has 1 saturated heterocycles. The first-order valence-electron chi connectivity index (χ1n) is 7.72. The van der Waals surface area contributed by atoms with Crippen LogP contribution in [0.2, 0.25) is 0 Å². The molecule has 2 N–H and O–H groups in total. The first-order chi connectivity index (χ1) is 9.79. The monoisotopic (exact) mass is 279 g/mol. The molecule has 2 rings (SSSR count). The van der Waals surface area contributed by atoms with Crippen molar-refractivity contribution in [3.8, 4) is 0 Å². The van der Waals surface area contributed by atoms with Gasteiger partial charge in [0.1, 0.15) is 5.82 Å². The molecular formula is C16H26FN3. The summed E-state index contributed by atoms with van der Waals surface area (Å²) in [5.74, 6) is -0.162. The predicted octanol–water partition coefficient (Wildman–Crippen LogP) is 2.47. The third-order valence-electron chi connectivity index (χ3n) is 3.99. The predicted molar refractivity (Wildman–Crippen MR) is 82.6 cm³/mol. The Hall–Kier alpha value is -1.13. The van der Waals surface area contributed by atoms with Gasteiger partial charge in [-0.2, -0.15) is 0 Å². The SMILES string of the molecule is NCCCCCCN1CCN(c2ccc(F)cc2)CC1. The van der Waals surface area contributed by atoms with Gasteiger partial charge in [0.2, 0.25) is 0 Å². The van der Waals surface area contributed by atoms with E-state index in [1.807, 2.05) is 12.1 Å². The molecule has 0 saturated carbocycles. The number of anilines is 1. The van der Waals surface area contributed by atoms with E-state index in [1.165, 1.54) is 25.8 Å². The Balaban J connectivity index is 1.66. The highest BCUT2D eigenvalue weighted by Crippen LogP contribution is 2.17. The molecule has 3 nitrogen and oxygen atoms in total. The van der Waals surface area contributed by atoms with Crippen LogP contribution in [0.4, 0.5) is 10.1 Å². The van der Waals surface area contributed by atoms with Gasteiger partial charge in [-0.15, -0.1) is 0 Å². The number of hydrogen-bond donors (Lipinski definition) is 1. The number of hydrogen-bond acceptors (Lipinski definition) is 3. The molecule has 1 aliphatic heterocycles. The van der Waals surface area contributed by atoms with E-state index < -0.39 is 0 Å². The van der Waals surface area contributed by atoms with Crippen LogP contribution in [0.25, 0.3) is 0 Å². The Kier molecular flexibility index (Phi) is 6.27. The first kappa shape index (κ1) is 15.3. The van der Waals surface area contributed by atoms with Gasteiger partial charge < -0.3 is 10.6 Å². The summed E-state index contributed by atoms with van der Waals surface area (Å²) < 4.78 is 12.9. The quantitative estimate of drug-likeness (QED) is 0.778. The topological polar surface area (TPSA) is 32.5 Å². The van der Waals surface area contributed by atoms with E-state index >= 15 is 0 Å². The van der Waals surface area contributed by atoms with Crippen molar-refractivity contribution in [1.29, 1.82) is 0 Å². The Morgan fingerprint density at radius 1 is 0.900 bits per heavy atom. The second kappa shape index (κ2) is 8.22. The maximum Gasteiger partial charge on any atom is 0.123 e. The number of piperazine rings is 1. The minimum atomic E-state index is -0.162. The number of nitrogens with zero attached hydrogens (tertiary/aromatic N) is 2. The van der Waals surface area contributed by atoms with E-state index in [2.05, 4.69) is 9.80 Å². The van der Waals surface area contributed by atoms with Gasteiger partial charge >= 0.3 is 0 Å². The third-order valence-corrected chi connectivity index (χ3v) is 3.99. The normalized spacial score (nSPS) is 16.6. The highest BCUT2D eigenvalue weighted by Gasteiger charge is 2.16. The van der Waals surface area contributed by atoms with E-state index in [0.717, 1.165) is 44.8 Å². The summed E-state index contributed by atoms with van der Waals surface area (Å²) in [5, 5.41) is 0. The molecule has 0 aliphatic carbocycles. The van der Waals surface area contributed by atoms with Crippen molar-refractivity contribution in [2.45, 2.75) is 25.7 Å². The lowest BCUT2D eigenvalue weighted by atomic mass is 10.1. The van der Waals surface area contributed by atoms with Crippen molar-refractivity contribution >= 4 is 5.69 Å². The molecule has 1 aromatic rings. The van der Waals surface area contributed by atoms with E-state index in [1.54, 1.807) is 12.1 Å². The van der Waals surface area contributed by atoms with Crippen LogP contribution in [-0.2, 0) is 0 Å². The zero-order valence-corrected chi connectivity index (χ0v) is 12.2. The molecule has 0 radical (unpaired) electrons. The summed E-state index contributed by atoms with van der Waals surface area (Å²) in [6.07, 6.45) is 4.97. The van der Waals surface area contributed by atoms with Gasteiger partial charge in [0.25, 0.3) is 0 Å². The minimum absolute atomic E-state index is 0.162. The van der Waals surface area contributed by atoms with Crippen LogP contribution < -0.4 is 10.6 Å². The van der Waals surface area contributed by atoms with Gasteiger partial charge in [-0.1, -0.05) is 12.8 Å². The second-order valence-corrected chi connectivity index (χ2v) is 5.51. The summed E-state index contributed by atoms with van der Waals surface area (Å²) in [7, 11) is 0. The van der Waals surface area contributed by atoms with Crippen molar-refractivity contribution in [2.24, 2.45) is 5.73 Å². The maximum atomic E-state index is 12.9. The molecule has 1 fully saturated rings. The van der Waals surface area contributed by atoms with Crippen LogP contribution in [0, 0.1) is 5.82 Å². The standard InChI is InChI=1S/C16H26FN3/c17-15-5-7-16(8-6-15)20-13-11-19(12-14-20)10-4-2-1-3-9-18/h5-8H,1-4,9-14,18H2. The Labute approximate surface area is 121 Å². The molecule has 0 atom stereocenters. The summed E-state index contributed by atoms with van der Waals surface area (Å²) in [5.41, 5.74) is 6.63. The molecule has 0 amide bonds. The zero-order chi connectivity index (χ0) is 14.2. The summed E-state index contributed by atoms with van der Waals surface area (Å²) >= 11 is 0. The molecule has 0 bridgehead atoms. The number of benzene rings is 1. The molecule has 1 heterocycles. The molecule has 1 aliphatic rings. The molecule has 20 heavy (non-hydrogen) atoms. The fraction of sp³-hybridized carbons (Fsp3) is 0.625. The average molecular weight is 279 g/mol. The molecule has 0 aromatic heterocycles. The van der Waals surface area contributed by atoms with Gasteiger partial charge in [-0.25, -0.2) is 4.39 Å². The number of rotatable bonds is 7. The largest absolute Gasteiger partial charge is 0.369 e. The van der Waals surface area contributed by atoms with Crippen LogP contribution in [0.1, 0.15) is 25.7 Å². The Bertz CT molecular complexity index is 372. The fourth-order valence-corrected chi connectivity index (χ4v) is 2.71. The molecule has 4 heteroatoms. The summed E-state index contributed by atoms with van der Waals surface area (Å²) in [6, 6.07) is 6.83. The maximum absolute atomic E-state index is 12.9. The van der Waals surface area contributed by atoms with Crippen LogP contribution in [-0.4, -0.2) is 44.2 Å². The lowest BCUT2D eigenvalue weighted by Gasteiger charge is -2.36. The zero-order valence-electron chi connectivity index (χ0n) is 12.2. The average Bonchev–Trinajstić information content (AvgIpc) is 2.49. The summed E-state index contributed by atoms with van der Waals surface area (Å²) in [6.45, 7) is 6.30. The molecule has 0 unspecified atom stereocenters. The fourth-order valence-electron chi connectivity index (χ4n) is 2.71. The highest BCUT2D eigenvalue weighted by molar-refractivity contribution is 5.46. The number of nitrogens with two attached hydrogens (primary N) is 1. The molecule has 1 aromatic carbocycles. The molecule has 112 valence electrons. The van der Waals surface area contributed by atoms with Gasteiger partial charge in [0.15, 0.2) is 0 Å². The van der Waals surface area contributed by atoms with Crippen molar-refractivity contribution in [3.05, 3.63) is 30.1 Å². The second-order valence-electron chi connectivity index (χ2n) is 5.51. The van der Waals surface area contributed by atoms with Crippen LogP contribution in [0.15, 0.2) is 24.3 Å². The van der Waals surface area contributed by atoms with E-state index in [-0.39, 0.29) is 5.82 Å². The van der Waals surface area contributed by atoms with Crippen LogP contribution in [0.5, 0.6) is 0 Å². The minimum Gasteiger partial charge on any atom is -0.369 e. The number of unbranched alkanes of at least 4 members (excludes halogenated alkanes) is 3. The van der Waals surface area contributed by atoms with E-state index in [4.69, 9.17) is 5.73 Å². The lowest BCUT2D eigenvalue weighted by Crippen LogP contribution is -2.46. The summed E-state index contributed by atoms with van der Waals surface area (Å²) in [4.78, 5) is 4.87. The van der Waals surface area contributed by atoms with Crippen molar-refractivity contribution < 1.29 is 4.39 Å². The van der Waals surface area contributed by atoms with Gasteiger partial charge in [-0.05, 0) is 50.2 Å². The smallest absolute Gasteiger partial charge is 0.123 e. The number of halogens is 1. The van der Waals surface area contributed by atoms with E-state index in [0.29, 0.717) is 0 Å². The third kappa shape index (κ3) is 4.76. The van der Waals surface area contributed by atoms with Crippen molar-refractivity contribution in [1.82, 2.24) is 4.90 Å². The van der Waals surface area contributed by atoms with Gasteiger partial charge in [0, 0.05) is 31.9 Å². The molecular weight excluding hydrogens is 253 g/mol. The van der Waals surface area contributed by atoms with Gasteiger partial charge in [-0.3, -0.25) is 4.90 Å². The van der Waals surface area contributed by atoms with Crippen molar-refractivity contribution in [3.63, 3.8) is 0 Å². The van der Waals surface area contributed by atoms with Crippen LogP contribution in [0.3, 0.4) is 0 Å². The van der Waals surface area contributed by atoms with Crippen molar-refractivity contribution in [2.75, 3.05) is 44.2 Å². The first-order valence-corrected chi connectivity index (χ1v) is 7.72. The highest BCUT2D eigenvalue weighted by atomic mass is 19.1. The Morgan fingerprint density at radius 3 is 2.20 bits per heavy atom. The van der Waals surface area contributed by atoms with Gasteiger partial charge in [0.05, 0.1) is 0 Å². The van der Waals surface area contributed by atoms with Crippen LogP contribution >= 0.6 is 0 Å².